The Bertz CT molecular complexity index is 1070. The van der Waals surface area contributed by atoms with Crippen molar-refractivity contribution in [1.29, 1.82) is 0 Å². The predicted molar refractivity (Wildman–Crippen MR) is 95.4 cm³/mol. The fraction of sp³-hybridized carbons (Fsp3) is 0.438. The number of pyridine rings is 1. The van der Waals surface area contributed by atoms with Crippen LogP contribution in [0.15, 0.2) is 29.0 Å². The van der Waals surface area contributed by atoms with Crippen molar-refractivity contribution in [3.63, 3.8) is 0 Å². The van der Waals surface area contributed by atoms with Crippen LogP contribution >= 0.6 is 11.3 Å². The Balaban J connectivity index is 1.59. The van der Waals surface area contributed by atoms with Crippen LogP contribution in [0.4, 0.5) is 4.39 Å². The zero-order valence-corrected chi connectivity index (χ0v) is 16.0. The molecule has 0 spiro atoms. The number of piperidine rings is 1. The highest BCUT2D eigenvalue weighted by atomic mass is 32.2. The average molecular weight is 395 g/mol. The standard InChI is InChI=1S/C16H18FN5O2S2/c1-11-7-14-19-10-20-22(14)9-13(11)16(17)3-5-21(6-4-16)26(23,24)15-8-18-12(2)25-15/h7-10H,3-6H2,1-2H3. The van der Waals surface area contributed by atoms with E-state index in [4.69, 9.17) is 0 Å². The van der Waals surface area contributed by atoms with Gasteiger partial charge in [-0.1, -0.05) is 0 Å². The molecule has 0 saturated carbocycles. The largest absolute Gasteiger partial charge is 0.254 e. The van der Waals surface area contributed by atoms with Crippen molar-refractivity contribution in [3.8, 4) is 0 Å². The van der Waals surface area contributed by atoms with Crippen molar-refractivity contribution in [2.24, 2.45) is 0 Å². The molecule has 1 aliphatic rings. The van der Waals surface area contributed by atoms with E-state index < -0.39 is 15.7 Å². The van der Waals surface area contributed by atoms with Gasteiger partial charge in [0.25, 0.3) is 10.0 Å². The van der Waals surface area contributed by atoms with Gasteiger partial charge in [0, 0.05) is 24.8 Å². The topological polar surface area (TPSA) is 80.5 Å². The molecule has 26 heavy (non-hydrogen) atoms. The molecule has 0 radical (unpaired) electrons. The number of hydrogen-bond acceptors (Lipinski definition) is 6. The summed E-state index contributed by atoms with van der Waals surface area (Å²) in [6, 6.07) is 1.80. The summed E-state index contributed by atoms with van der Waals surface area (Å²) in [5.41, 5.74) is 0.416. The molecular weight excluding hydrogens is 377 g/mol. The van der Waals surface area contributed by atoms with E-state index in [0.717, 1.165) is 16.9 Å². The summed E-state index contributed by atoms with van der Waals surface area (Å²) in [5.74, 6) is 0. The molecule has 0 aliphatic carbocycles. The second-order valence-electron chi connectivity index (χ2n) is 6.50. The number of hydrogen-bond donors (Lipinski definition) is 0. The van der Waals surface area contributed by atoms with Gasteiger partial charge in [0.2, 0.25) is 0 Å². The lowest BCUT2D eigenvalue weighted by atomic mass is 9.85. The summed E-state index contributed by atoms with van der Waals surface area (Å²) in [4.78, 5) is 8.12. The summed E-state index contributed by atoms with van der Waals surface area (Å²) < 4.78 is 44.2. The molecule has 1 fully saturated rings. The third kappa shape index (κ3) is 2.81. The lowest BCUT2D eigenvalue weighted by Gasteiger charge is -2.36. The molecule has 7 nitrogen and oxygen atoms in total. The molecule has 10 heteroatoms. The number of alkyl halides is 1. The number of fused-ring (bicyclic) bond motifs is 1. The smallest absolute Gasteiger partial charge is 0.249 e. The van der Waals surface area contributed by atoms with Gasteiger partial charge in [-0.15, -0.1) is 11.3 Å². The summed E-state index contributed by atoms with van der Waals surface area (Å²) >= 11 is 1.14. The van der Waals surface area contributed by atoms with Gasteiger partial charge < -0.3 is 0 Å². The van der Waals surface area contributed by atoms with E-state index in [2.05, 4.69) is 15.1 Å². The maximum absolute atomic E-state index is 15.7. The molecule has 0 atom stereocenters. The van der Waals surface area contributed by atoms with Crippen LogP contribution in [0.3, 0.4) is 0 Å². The monoisotopic (exact) mass is 395 g/mol. The number of rotatable bonds is 3. The molecule has 0 bridgehead atoms. The van der Waals surface area contributed by atoms with Crippen LogP contribution in [-0.2, 0) is 15.7 Å². The van der Waals surface area contributed by atoms with Crippen molar-refractivity contribution < 1.29 is 12.8 Å². The first-order valence-electron chi connectivity index (χ1n) is 8.22. The highest BCUT2D eigenvalue weighted by Gasteiger charge is 2.41. The highest BCUT2D eigenvalue weighted by Crippen LogP contribution is 2.40. The maximum Gasteiger partial charge on any atom is 0.254 e. The normalized spacial score (nSPS) is 18.4. The van der Waals surface area contributed by atoms with Gasteiger partial charge in [-0.3, -0.25) is 0 Å². The summed E-state index contributed by atoms with van der Waals surface area (Å²) in [6.45, 7) is 3.86. The van der Waals surface area contributed by atoms with Crippen LogP contribution in [-0.4, -0.2) is 45.4 Å². The van der Waals surface area contributed by atoms with Gasteiger partial charge in [0.1, 0.15) is 12.0 Å². The Labute approximate surface area is 154 Å². The van der Waals surface area contributed by atoms with E-state index in [1.807, 2.05) is 6.92 Å². The molecule has 1 saturated heterocycles. The molecule has 0 amide bonds. The summed E-state index contributed by atoms with van der Waals surface area (Å²) in [6.07, 6.45) is 4.66. The minimum atomic E-state index is -3.61. The zero-order chi connectivity index (χ0) is 18.5. The molecule has 4 heterocycles. The van der Waals surface area contributed by atoms with Crippen molar-refractivity contribution >= 4 is 27.0 Å². The number of nitrogens with zero attached hydrogens (tertiary/aromatic N) is 5. The number of sulfonamides is 1. The zero-order valence-electron chi connectivity index (χ0n) is 14.4. The molecule has 3 aromatic rings. The fourth-order valence-corrected chi connectivity index (χ4v) is 6.07. The van der Waals surface area contributed by atoms with E-state index in [-0.39, 0.29) is 30.1 Å². The Morgan fingerprint density at radius 3 is 2.62 bits per heavy atom. The van der Waals surface area contributed by atoms with E-state index >= 15 is 4.39 Å². The average Bonchev–Trinajstić information content (AvgIpc) is 3.23. The minimum absolute atomic E-state index is 0.102. The predicted octanol–water partition coefficient (Wildman–Crippen LogP) is 2.45. The summed E-state index contributed by atoms with van der Waals surface area (Å²) in [7, 11) is -3.61. The molecule has 138 valence electrons. The van der Waals surface area contributed by atoms with E-state index in [1.165, 1.54) is 16.8 Å². The Morgan fingerprint density at radius 2 is 1.96 bits per heavy atom. The van der Waals surface area contributed by atoms with Crippen LogP contribution < -0.4 is 0 Å². The molecule has 3 aromatic heterocycles. The third-order valence-electron chi connectivity index (χ3n) is 4.81. The SMILES string of the molecule is Cc1ncc(S(=O)(=O)N2CCC(F)(c3cn4ncnc4cc3C)CC2)s1. The van der Waals surface area contributed by atoms with Crippen molar-refractivity contribution in [3.05, 3.63) is 40.9 Å². The van der Waals surface area contributed by atoms with Crippen LogP contribution in [0.1, 0.15) is 29.0 Å². The van der Waals surface area contributed by atoms with E-state index in [0.29, 0.717) is 16.2 Å². The quantitative estimate of drug-likeness (QED) is 0.681. The summed E-state index contributed by atoms with van der Waals surface area (Å²) in [5, 5.41) is 4.76. The van der Waals surface area contributed by atoms with Crippen LogP contribution in [0.25, 0.3) is 5.65 Å². The highest BCUT2D eigenvalue weighted by molar-refractivity contribution is 7.91. The van der Waals surface area contributed by atoms with E-state index in [9.17, 15) is 8.42 Å². The van der Waals surface area contributed by atoms with Crippen LogP contribution in [0, 0.1) is 13.8 Å². The Kier molecular flexibility index (Phi) is 4.08. The molecule has 0 aromatic carbocycles. The Morgan fingerprint density at radius 1 is 1.23 bits per heavy atom. The molecule has 4 rings (SSSR count). The van der Waals surface area contributed by atoms with Crippen molar-refractivity contribution in [1.82, 2.24) is 23.9 Å². The van der Waals surface area contributed by atoms with E-state index in [1.54, 1.807) is 23.7 Å². The van der Waals surface area contributed by atoms with Crippen molar-refractivity contribution in [2.75, 3.05) is 13.1 Å². The third-order valence-corrected chi connectivity index (χ3v) is 8.06. The van der Waals surface area contributed by atoms with Gasteiger partial charge in [-0.25, -0.2) is 27.3 Å². The second-order valence-corrected chi connectivity index (χ2v) is 9.90. The van der Waals surface area contributed by atoms with Crippen LogP contribution in [0.5, 0.6) is 0 Å². The van der Waals surface area contributed by atoms with Gasteiger partial charge in [0.15, 0.2) is 9.86 Å². The molecule has 0 unspecified atom stereocenters. The number of thiazole rings is 1. The van der Waals surface area contributed by atoms with Gasteiger partial charge in [-0.05, 0) is 38.3 Å². The first-order chi connectivity index (χ1) is 12.3. The lowest BCUT2D eigenvalue weighted by molar-refractivity contribution is 0.0859. The molecular formula is C16H18FN5O2S2. The first-order valence-corrected chi connectivity index (χ1v) is 10.5. The van der Waals surface area contributed by atoms with Crippen LogP contribution in [0.2, 0.25) is 0 Å². The maximum atomic E-state index is 15.7. The number of aryl methyl sites for hydroxylation is 2. The Hall–Kier alpha value is -1.91. The number of halogens is 1. The first kappa shape index (κ1) is 17.5. The fourth-order valence-electron chi connectivity index (χ4n) is 3.37. The lowest BCUT2D eigenvalue weighted by Crippen LogP contribution is -2.43. The van der Waals surface area contributed by atoms with Gasteiger partial charge in [-0.2, -0.15) is 9.40 Å². The second kappa shape index (κ2) is 6.07. The molecule has 1 aliphatic heterocycles. The van der Waals surface area contributed by atoms with Gasteiger partial charge in [0.05, 0.1) is 11.2 Å². The van der Waals surface area contributed by atoms with Gasteiger partial charge >= 0.3 is 0 Å². The van der Waals surface area contributed by atoms with Crippen molar-refractivity contribution in [2.45, 2.75) is 36.6 Å². The molecule has 0 N–H and O–H groups in total. The minimum Gasteiger partial charge on any atom is -0.249 e. The number of aromatic nitrogens is 4.